The maximum absolute atomic E-state index is 12.0. The lowest BCUT2D eigenvalue weighted by Gasteiger charge is -2.03. The second-order valence-electron chi connectivity index (χ2n) is 4.38. The van der Waals surface area contributed by atoms with Crippen molar-refractivity contribution in [3.8, 4) is 0 Å². The molecule has 2 N–H and O–H groups in total. The Hall–Kier alpha value is -2.70. The summed E-state index contributed by atoms with van der Waals surface area (Å²) < 4.78 is 0.977. The van der Waals surface area contributed by atoms with Gasteiger partial charge in [0.05, 0.1) is 11.0 Å². The van der Waals surface area contributed by atoms with Crippen molar-refractivity contribution in [2.24, 2.45) is 0 Å². The van der Waals surface area contributed by atoms with E-state index in [0.29, 0.717) is 23.2 Å². The van der Waals surface area contributed by atoms with E-state index in [1.165, 1.54) is 0 Å². The van der Waals surface area contributed by atoms with Crippen LogP contribution in [0.3, 0.4) is 0 Å². The minimum Gasteiger partial charge on any atom is -0.337 e. The Kier molecular flexibility index (Phi) is 2.94. The van der Waals surface area contributed by atoms with Gasteiger partial charge in [-0.05, 0) is 18.6 Å². The van der Waals surface area contributed by atoms with Crippen molar-refractivity contribution in [3.63, 3.8) is 0 Å². The molecule has 0 radical (unpaired) electrons. The number of para-hydroxylation sites is 2. The first-order valence-corrected chi connectivity index (χ1v) is 6.36. The number of benzene rings is 1. The Morgan fingerprint density at radius 2 is 2.00 bits per heavy atom. The summed E-state index contributed by atoms with van der Waals surface area (Å²) in [6, 6.07) is 6.76. The summed E-state index contributed by atoms with van der Waals surface area (Å²) in [7, 11) is 0. The van der Waals surface area contributed by atoms with Crippen LogP contribution in [0.15, 0.2) is 29.1 Å². The van der Waals surface area contributed by atoms with Crippen LogP contribution in [0.1, 0.15) is 13.3 Å². The fourth-order valence-corrected chi connectivity index (χ4v) is 1.98. The van der Waals surface area contributed by atoms with Crippen molar-refractivity contribution in [1.82, 2.24) is 24.8 Å². The monoisotopic (exact) mass is 271 g/mol. The van der Waals surface area contributed by atoms with Crippen LogP contribution in [0.25, 0.3) is 22.3 Å². The summed E-state index contributed by atoms with van der Waals surface area (Å²) in [6.07, 6.45) is 0.789. The number of fused-ring (bicyclic) bond motifs is 2. The fourth-order valence-electron chi connectivity index (χ4n) is 1.98. The number of carbonyl (C=O) groups is 1. The lowest BCUT2D eigenvalue weighted by molar-refractivity contribution is 0.242. The molecule has 0 saturated carbocycles. The highest BCUT2D eigenvalue weighted by Gasteiger charge is 2.16. The minimum absolute atomic E-state index is 0.238. The lowest BCUT2D eigenvalue weighted by Crippen LogP contribution is -2.35. The van der Waals surface area contributed by atoms with Gasteiger partial charge in [0.2, 0.25) is 0 Å². The smallest absolute Gasteiger partial charge is 0.337 e. The molecule has 0 aliphatic rings. The minimum atomic E-state index is -0.538. The zero-order chi connectivity index (χ0) is 14.1. The van der Waals surface area contributed by atoms with Gasteiger partial charge in [-0.25, -0.2) is 19.6 Å². The van der Waals surface area contributed by atoms with E-state index in [4.69, 9.17) is 0 Å². The van der Waals surface area contributed by atoms with Crippen LogP contribution in [0.2, 0.25) is 0 Å². The molecular formula is C13H13N5O2. The molecule has 1 aromatic carbocycles. The van der Waals surface area contributed by atoms with Crippen LogP contribution in [-0.2, 0) is 0 Å². The van der Waals surface area contributed by atoms with E-state index < -0.39 is 11.7 Å². The predicted octanol–water partition coefficient (Wildman–Crippen LogP) is 1.24. The number of imidazole rings is 1. The van der Waals surface area contributed by atoms with Crippen LogP contribution >= 0.6 is 0 Å². The molecule has 2 aromatic heterocycles. The zero-order valence-electron chi connectivity index (χ0n) is 10.9. The fraction of sp³-hybridized carbons (Fsp3) is 0.231. The van der Waals surface area contributed by atoms with E-state index in [9.17, 15) is 9.59 Å². The molecule has 0 aliphatic carbocycles. The number of rotatable bonds is 2. The molecule has 0 spiro atoms. The Bertz CT molecular complexity index is 849. The Labute approximate surface area is 113 Å². The summed E-state index contributed by atoms with van der Waals surface area (Å²) in [6.45, 7) is 2.44. The third-order valence-electron chi connectivity index (χ3n) is 2.92. The number of hydrogen-bond donors (Lipinski definition) is 2. The molecule has 7 nitrogen and oxygen atoms in total. The highest BCUT2D eigenvalue weighted by Crippen LogP contribution is 2.12. The lowest BCUT2D eigenvalue weighted by atomic mass is 10.3. The molecule has 0 fully saturated rings. The van der Waals surface area contributed by atoms with E-state index in [2.05, 4.69) is 20.3 Å². The SMILES string of the molecule is CCCNC(=O)n1c(=O)[nH]c2nc3ccccc3nc21. The molecule has 20 heavy (non-hydrogen) atoms. The topological polar surface area (TPSA) is 92.7 Å². The Morgan fingerprint density at radius 1 is 1.30 bits per heavy atom. The second kappa shape index (κ2) is 4.76. The van der Waals surface area contributed by atoms with Crippen molar-refractivity contribution in [3.05, 3.63) is 34.7 Å². The first-order chi connectivity index (χ1) is 9.70. The third-order valence-corrected chi connectivity index (χ3v) is 2.92. The molecule has 2 heterocycles. The van der Waals surface area contributed by atoms with Gasteiger partial charge >= 0.3 is 11.7 Å². The molecule has 0 bridgehead atoms. The molecule has 102 valence electrons. The molecule has 0 atom stereocenters. The van der Waals surface area contributed by atoms with Gasteiger partial charge in [0, 0.05) is 6.54 Å². The molecule has 0 unspecified atom stereocenters. The highest BCUT2D eigenvalue weighted by atomic mass is 16.2. The van der Waals surface area contributed by atoms with E-state index in [1.54, 1.807) is 12.1 Å². The van der Waals surface area contributed by atoms with Gasteiger partial charge in [-0.1, -0.05) is 19.1 Å². The maximum Gasteiger partial charge on any atom is 0.337 e. The average molecular weight is 271 g/mol. The van der Waals surface area contributed by atoms with E-state index in [1.807, 2.05) is 19.1 Å². The summed E-state index contributed by atoms with van der Waals surface area (Å²) in [4.78, 5) is 35.1. The molecule has 3 aromatic rings. The van der Waals surface area contributed by atoms with E-state index >= 15 is 0 Å². The van der Waals surface area contributed by atoms with Gasteiger partial charge in [-0.2, -0.15) is 4.57 Å². The van der Waals surface area contributed by atoms with Crippen molar-refractivity contribution in [2.75, 3.05) is 6.54 Å². The quantitative estimate of drug-likeness (QED) is 0.733. The number of aromatic nitrogens is 4. The number of nitrogens with zero attached hydrogens (tertiary/aromatic N) is 3. The Morgan fingerprint density at radius 3 is 2.70 bits per heavy atom. The van der Waals surface area contributed by atoms with Gasteiger partial charge in [-0.3, -0.25) is 4.98 Å². The highest BCUT2D eigenvalue weighted by molar-refractivity contribution is 5.89. The van der Waals surface area contributed by atoms with Crippen molar-refractivity contribution >= 4 is 28.4 Å². The van der Waals surface area contributed by atoms with Gasteiger partial charge < -0.3 is 5.32 Å². The summed E-state index contributed by atoms with van der Waals surface area (Å²) in [5, 5.41) is 2.65. The number of hydrogen-bond acceptors (Lipinski definition) is 4. The van der Waals surface area contributed by atoms with E-state index in [0.717, 1.165) is 11.0 Å². The largest absolute Gasteiger partial charge is 0.337 e. The number of H-pyrrole nitrogens is 1. The van der Waals surface area contributed by atoms with Gasteiger partial charge in [0.25, 0.3) is 0 Å². The number of aromatic amines is 1. The average Bonchev–Trinajstić information content (AvgIpc) is 2.77. The van der Waals surface area contributed by atoms with Gasteiger partial charge in [0.15, 0.2) is 11.3 Å². The predicted molar refractivity (Wildman–Crippen MR) is 74.7 cm³/mol. The van der Waals surface area contributed by atoms with Crippen molar-refractivity contribution in [1.29, 1.82) is 0 Å². The normalized spacial score (nSPS) is 11.1. The van der Waals surface area contributed by atoms with Crippen LogP contribution < -0.4 is 11.0 Å². The summed E-state index contributed by atoms with van der Waals surface area (Å²) >= 11 is 0. The molecule has 7 heteroatoms. The number of nitrogens with one attached hydrogen (secondary N) is 2. The maximum atomic E-state index is 12.0. The first kappa shape index (κ1) is 12.3. The Balaban J connectivity index is 2.21. The molecule has 0 saturated heterocycles. The van der Waals surface area contributed by atoms with Crippen molar-refractivity contribution < 1.29 is 4.79 Å². The van der Waals surface area contributed by atoms with E-state index in [-0.39, 0.29) is 5.65 Å². The zero-order valence-corrected chi connectivity index (χ0v) is 10.9. The number of carbonyl (C=O) groups excluding carboxylic acids is 1. The summed E-state index contributed by atoms with van der Waals surface area (Å²) in [5.41, 5.74) is 1.31. The van der Waals surface area contributed by atoms with Crippen LogP contribution in [0, 0.1) is 0 Å². The van der Waals surface area contributed by atoms with Crippen LogP contribution in [0.5, 0.6) is 0 Å². The third kappa shape index (κ3) is 1.93. The number of amides is 1. The van der Waals surface area contributed by atoms with Gasteiger partial charge in [0.1, 0.15) is 0 Å². The first-order valence-electron chi connectivity index (χ1n) is 6.36. The van der Waals surface area contributed by atoms with Crippen molar-refractivity contribution in [2.45, 2.75) is 13.3 Å². The van der Waals surface area contributed by atoms with Crippen LogP contribution in [-0.4, -0.2) is 32.1 Å². The van der Waals surface area contributed by atoms with Gasteiger partial charge in [-0.15, -0.1) is 0 Å². The summed E-state index contributed by atoms with van der Waals surface area (Å²) in [5.74, 6) is 0. The second-order valence-corrected chi connectivity index (χ2v) is 4.38. The molecule has 0 aliphatic heterocycles. The standard InChI is InChI=1S/C13H13N5O2/c1-2-7-14-12(19)18-11-10(17-13(18)20)15-8-5-3-4-6-9(8)16-11/h3-6H,2,7H2,1H3,(H,14,19)(H,15,17,20). The van der Waals surface area contributed by atoms with Crippen LogP contribution in [0.4, 0.5) is 4.79 Å². The molecule has 1 amide bonds. The molecule has 3 rings (SSSR count). The molecular weight excluding hydrogens is 258 g/mol.